The Balaban J connectivity index is 2.37. The summed E-state index contributed by atoms with van der Waals surface area (Å²) in [5, 5.41) is 7.71. The molecular weight excluding hydrogens is 240 g/mol. The first kappa shape index (κ1) is 11.7. The van der Waals surface area contributed by atoms with Gasteiger partial charge in [0.05, 0.1) is 11.4 Å². The molecule has 1 heterocycles. The van der Waals surface area contributed by atoms with Gasteiger partial charge in [-0.1, -0.05) is 0 Å². The number of nitrogens with zero attached hydrogens (tertiary/aromatic N) is 2. The predicted molar refractivity (Wildman–Crippen MR) is 65.1 cm³/mol. The third-order valence-electron chi connectivity index (χ3n) is 2.70. The summed E-state index contributed by atoms with van der Waals surface area (Å²) in [4.78, 5) is 1.75. The summed E-state index contributed by atoms with van der Waals surface area (Å²) in [7, 11) is -1.93. The van der Waals surface area contributed by atoms with Gasteiger partial charge in [-0.2, -0.15) is 0 Å². The lowest BCUT2D eigenvalue weighted by molar-refractivity contribution is 0.538. The highest BCUT2D eigenvalue weighted by atomic mass is 32.2. The van der Waals surface area contributed by atoms with Gasteiger partial charge in [-0.3, -0.25) is 5.41 Å². The van der Waals surface area contributed by atoms with Crippen LogP contribution < -0.4 is 5.73 Å². The van der Waals surface area contributed by atoms with Gasteiger partial charge >= 0.3 is 0 Å². The van der Waals surface area contributed by atoms with Crippen LogP contribution >= 0.6 is 0 Å². The molecule has 3 N–H and O–H groups in total. The number of guanidine groups is 1. The maximum absolute atomic E-state index is 12.2. The Kier molecular flexibility index (Phi) is 2.70. The number of hydrogen-bond acceptors (Lipinski definition) is 4. The second kappa shape index (κ2) is 3.92. The van der Waals surface area contributed by atoms with Crippen LogP contribution in [0.4, 0.5) is 5.69 Å². The minimum absolute atomic E-state index is 0.00169. The normalized spacial score (nSPS) is 16.6. The van der Waals surface area contributed by atoms with Crippen LogP contribution in [0.15, 0.2) is 29.2 Å². The third-order valence-corrected chi connectivity index (χ3v) is 4.51. The van der Waals surface area contributed by atoms with E-state index in [1.54, 1.807) is 11.9 Å². The highest BCUT2D eigenvalue weighted by molar-refractivity contribution is 7.89. The van der Waals surface area contributed by atoms with Crippen LogP contribution in [-0.4, -0.2) is 43.7 Å². The topological polar surface area (TPSA) is 90.5 Å². The van der Waals surface area contributed by atoms with Crippen molar-refractivity contribution in [1.82, 2.24) is 9.21 Å². The number of nitrogens with two attached hydrogens (primary N) is 1. The smallest absolute Gasteiger partial charge is 0.266 e. The van der Waals surface area contributed by atoms with Gasteiger partial charge in [0, 0.05) is 19.3 Å². The van der Waals surface area contributed by atoms with Crippen molar-refractivity contribution in [3.63, 3.8) is 0 Å². The van der Waals surface area contributed by atoms with E-state index in [1.807, 2.05) is 0 Å². The fraction of sp³-hybridized carbons (Fsp3) is 0.300. The Labute approximate surface area is 100 Å². The summed E-state index contributed by atoms with van der Waals surface area (Å²) in [6, 6.07) is 5.99. The van der Waals surface area contributed by atoms with Gasteiger partial charge in [-0.15, -0.1) is 0 Å². The number of nitrogen functional groups attached to an aromatic ring is 1. The van der Waals surface area contributed by atoms with Crippen molar-refractivity contribution < 1.29 is 8.42 Å². The molecule has 0 aliphatic carbocycles. The Morgan fingerprint density at radius 2 is 1.82 bits per heavy atom. The maximum Gasteiger partial charge on any atom is 0.266 e. The summed E-state index contributed by atoms with van der Waals surface area (Å²) in [6.07, 6.45) is 0. The molecule has 0 atom stereocenters. The van der Waals surface area contributed by atoms with Crippen molar-refractivity contribution in [3.8, 4) is 0 Å². The first-order chi connectivity index (χ1) is 7.93. The van der Waals surface area contributed by atoms with Crippen molar-refractivity contribution in [2.45, 2.75) is 4.90 Å². The van der Waals surface area contributed by atoms with Crippen LogP contribution in [0.3, 0.4) is 0 Å². The fourth-order valence-corrected chi connectivity index (χ4v) is 3.07. The van der Waals surface area contributed by atoms with E-state index in [0.717, 1.165) is 4.31 Å². The van der Waals surface area contributed by atoms with Crippen LogP contribution in [0.2, 0.25) is 0 Å². The molecule has 0 saturated carbocycles. The minimum atomic E-state index is -3.63. The molecule has 7 heteroatoms. The van der Waals surface area contributed by atoms with Gasteiger partial charge in [0.1, 0.15) is 0 Å². The lowest BCUT2D eigenvalue weighted by Gasteiger charge is -2.18. The van der Waals surface area contributed by atoms with Crippen LogP contribution in [0.25, 0.3) is 0 Å². The van der Waals surface area contributed by atoms with Crippen LogP contribution in [0.5, 0.6) is 0 Å². The maximum atomic E-state index is 12.2. The molecule has 0 aromatic heterocycles. The highest BCUT2D eigenvalue weighted by Crippen LogP contribution is 2.20. The number of nitrogens with one attached hydrogen (secondary N) is 1. The molecule has 1 aromatic carbocycles. The highest BCUT2D eigenvalue weighted by Gasteiger charge is 2.33. The number of likely N-dealkylation sites (N-methyl/N-ethyl adjacent to an activating group) is 1. The zero-order valence-electron chi connectivity index (χ0n) is 9.42. The van der Waals surface area contributed by atoms with E-state index < -0.39 is 10.0 Å². The van der Waals surface area contributed by atoms with Gasteiger partial charge in [0.25, 0.3) is 10.0 Å². The molecule has 6 nitrogen and oxygen atoms in total. The second-order valence-corrected chi connectivity index (χ2v) is 5.75. The molecule has 1 fully saturated rings. The molecule has 1 aliphatic heterocycles. The van der Waals surface area contributed by atoms with E-state index in [2.05, 4.69) is 0 Å². The number of benzene rings is 1. The summed E-state index contributed by atoms with van der Waals surface area (Å²) in [6.45, 7) is 0.842. The van der Waals surface area contributed by atoms with Gasteiger partial charge < -0.3 is 10.6 Å². The summed E-state index contributed by atoms with van der Waals surface area (Å²) in [5.74, 6) is 0.00169. The van der Waals surface area contributed by atoms with E-state index in [1.165, 1.54) is 24.3 Å². The fourth-order valence-electron chi connectivity index (χ4n) is 1.64. The molecule has 17 heavy (non-hydrogen) atoms. The summed E-state index contributed by atoms with van der Waals surface area (Å²) < 4.78 is 25.5. The lowest BCUT2D eigenvalue weighted by Crippen LogP contribution is -2.35. The van der Waals surface area contributed by atoms with E-state index in [-0.39, 0.29) is 10.9 Å². The van der Waals surface area contributed by atoms with Crippen molar-refractivity contribution in [2.75, 3.05) is 25.9 Å². The van der Waals surface area contributed by atoms with E-state index in [9.17, 15) is 8.42 Å². The predicted octanol–water partition coefficient (Wildman–Crippen LogP) is 0.140. The first-order valence-corrected chi connectivity index (χ1v) is 6.55. The molecule has 0 bridgehead atoms. The van der Waals surface area contributed by atoms with Crippen molar-refractivity contribution in [2.24, 2.45) is 0 Å². The first-order valence-electron chi connectivity index (χ1n) is 5.11. The Morgan fingerprint density at radius 1 is 1.24 bits per heavy atom. The molecular formula is C10H14N4O2S. The Hall–Kier alpha value is -1.76. The Morgan fingerprint density at radius 3 is 2.29 bits per heavy atom. The van der Waals surface area contributed by atoms with E-state index >= 15 is 0 Å². The SMILES string of the molecule is CN1CCN(S(=O)(=O)c2ccc(N)cc2)C1=N. The zero-order chi connectivity index (χ0) is 12.6. The van der Waals surface area contributed by atoms with Gasteiger partial charge in [-0.25, -0.2) is 12.7 Å². The molecule has 1 aliphatic rings. The standard InChI is InChI=1S/C10H14N4O2S/c1-13-6-7-14(10(13)12)17(15,16)9-4-2-8(11)3-5-9/h2-5,12H,6-7,11H2,1H3. The molecule has 1 saturated heterocycles. The molecule has 92 valence electrons. The van der Waals surface area contributed by atoms with Crippen molar-refractivity contribution in [1.29, 1.82) is 5.41 Å². The minimum Gasteiger partial charge on any atom is -0.399 e. The summed E-state index contributed by atoms with van der Waals surface area (Å²) >= 11 is 0. The third kappa shape index (κ3) is 1.93. The van der Waals surface area contributed by atoms with Crippen LogP contribution in [0, 0.1) is 5.41 Å². The number of anilines is 1. The quantitative estimate of drug-likeness (QED) is 0.734. The summed E-state index contributed by atoms with van der Waals surface area (Å²) in [5.41, 5.74) is 6.03. The van der Waals surface area contributed by atoms with Crippen LogP contribution in [-0.2, 0) is 10.0 Å². The van der Waals surface area contributed by atoms with Gasteiger partial charge in [-0.05, 0) is 24.3 Å². The monoisotopic (exact) mass is 254 g/mol. The van der Waals surface area contributed by atoms with Crippen molar-refractivity contribution in [3.05, 3.63) is 24.3 Å². The lowest BCUT2D eigenvalue weighted by atomic mass is 10.3. The van der Waals surface area contributed by atoms with E-state index in [0.29, 0.717) is 18.8 Å². The van der Waals surface area contributed by atoms with E-state index in [4.69, 9.17) is 11.1 Å². The number of sulfonamides is 1. The number of hydrogen-bond donors (Lipinski definition) is 2. The number of rotatable bonds is 2. The molecule has 1 aromatic rings. The second-order valence-electron chi connectivity index (χ2n) is 3.89. The average molecular weight is 254 g/mol. The average Bonchev–Trinajstić information content (AvgIpc) is 2.61. The van der Waals surface area contributed by atoms with Gasteiger partial charge in [0.2, 0.25) is 5.96 Å². The van der Waals surface area contributed by atoms with Crippen LogP contribution in [0.1, 0.15) is 0 Å². The van der Waals surface area contributed by atoms with Crippen molar-refractivity contribution >= 4 is 21.7 Å². The molecule has 0 unspecified atom stereocenters. The molecule has 0 radical (unpaired) electrons. The Bertz CT molecular complexity index is 538. The molecule has 0 amide bonds. The van der Waals surface area contributed by atoms with Gasteiger partial charge in [0.15, 0.2) is 0 Å². The zero-order valence-corrected chi connectivity index (χ0v) is 10.2. The largest absolute Gasteiger partial charge is 0.399 e. The molecule has 2 rings (SSSR count). The molecule has 0 spiro atoms.